The van der Waals surface area contributed by atoms with E-state index in [1.807, 2.05) is 30.3 Å². The van der Waals surface area contributed by atoms with Crippen LogP contribution in [0.3, 0.4) is 0 Å². The molecule has 1 fully saturated rings. The van der Waals surface area contributed by atoms with Gasteiger partial charge in [0.05, 0.1) is 0 Å². The van der Waals surface area contributed by atoms with Gasteiger partial charge in [-0.15, -0.1) is 0 Å². The van der Waals surface area contributed by atoms with Crippen molar-refractivity contribution in [1.29, 1.82) is 0 Å². The van der Waals surface area contributed by atoms with Crippen molar-refractivity contribution < 1.29 is 4.79 Å². The monoisotopic (exact) mass is 188 g/mol. The Morgan fingerprint density at radius 2 is 2.07 bits per heavy atom. The molecule has 2 nitrogen and oxygen atoms in total. The van der Waals surface area contributed by atoms with E-state index in [9.17, 15) is 4.79 Å². The molecular formula is C12H14NO. The molecule has 1 aliphatic heterocycles. The predicted molar refractivity (Wildman–Crippen MR) is 56.0 cm³/mol. The van der Waals surface area contributed by atoms with Gasteiger partial charge in [0.15, 0.2) is 5.78 Å². The predicted octanol–water partition coefficient (Wildman–Crippen LogP) is 1.68. The normalized spacial score (nSPS) is 21.9. The van der Waals surface area contributed by atoms with Gasteiger partial charge in [-0.2, -0.15) is 0 Å². The summed E-state index contributed by atoms with van der Waals surface area (Å²) in [5, 5.41) is 3.23. The first-order valence-electron chi connectivity index (χ1n) is 5.01. The number of benzene rings is 1. The minimum Gasteiger partial charge on any atom is -0.316 e. The number of hydrogen-bond acceptors (Lipinski definition) is 2. The molecule has 0 bridgehead atoms. The van der Waals surface area contributed by atoms with Gasteiger partial charge < -0.3 is 5.32 Å². The number of piperidine rings is 1. The molecule has 2 heteroatoms. The van der Waals surface area contributed by atoms with E-state index >= 15 is 0 Å². The zero-order valence-corrected chi connectivity index (χ0v) is 8.07. The summed E-state index contributed by atoms with van der Waals surface area (Å²) in [4.78, 5) is 11.9. The molecule has 73 valence electrons. The van der Waals surface area contributed by atoms with E-state index < -0.39 is 0 Å². The van der Waals surface area contributed by atoms with E-state index in [4.69, 9.17) is 0 Å². The fourth-order valence-electron chi connectivity index (χ4n) is 1.74. The second kappa shape index (κ2) is 4.38. The van der Waals surface area contributed by atoms with Crippen LogP contribution in [0.25, 0.3) is 0 Å². The smallest absolute Gasteiger partial charge is 0.167 e. The van der Waals surface area contributed by atoms with Gasteiger partial charge in [0, 0.05) is 18.0 Å². The zero-order valence-electron chi connectivity index (χ0n) is 8.07. The summed E-state index contributed by atoms with van der Waals surface area (Å²) in [5.74, 6) is 0.295. The van der Waals surface area contributed by atoms with Gasteiger partial charge in [-0.05, 0) is 19.4 Å². The third-order valence-corrected chi connectivity index (χ3v) is 2.53. The Labute approximate surface area is 84.3 Å². The lowest BCUT2D eigenvalue weighted by molar-refractivity contribution is 0.0928. The first-order chi connectivity index (χ1) is 6.88. The number of Topliss-reactive ketones (excluding diaryl/α,β-unsaturated/α-hetero) is 1. The van der Waals surface area contributed by atoms with Crippen molar-refractivity contribution in [3.05, 3.63) is 42.3 Å². The highest BCUT2D eigenvalue weighted by atomic mass is 16.1. The summed E-state index contributed by atoms with van der Waals surface area (Å²) in [7, 11) is 0. The van der Waals surface area contributed by atoms with Crippen LogP contribution in [0.1, 0.15) is 16.8 Å². The summed E-state index contributed by atoms with van der Waals surface area (Å²) in [6, 6.07) is 9.50. The highest BCUT2D eigenvalue weighted by molar-refractivity contribution is 5.98. The van der Waals surface area contributed by atoms with Gasteiger partial charge in [0.25, 0.3) is 0 Å². The molecule has 0 aliphatic carbocycles. The highest BCUT2D eigenvalue weighted by Crippen LogP contribution is 2.15. The molecule has 1 heterocycles. The maximum atomic E-state index is 11.9. The average molecular weight is 188 g/mol. The molecule has 0 spiro atoms. The molecule has 0 saturated carbocycles. The Balaban J connectivity index is 2.07. The van der Waals surface area contributed by atoms with Crippen molar-refractivity contribution in [3.63, 3.8) is 0 Å². The van der Waals surface area contributed by atoms with Crippen LogP contribution < -0.4 is 5.32 Å². The molecular weight excluding hydrogens is 174 g/mol. The molecule has 1 unspecified atom stereocenters. The van der Waals surface area contributed by atoms with Crippen LogP contribution in [0.4, 0.5) is 0 Å². The van der Waals surface area contributed by atoms with Crippen LogP contribution in [-0.2, 0) is 0 Å². The second-order valence-electron chi connectivity index (χ2n) is 3.57. The summed E-state index contributed by atoms with van der Waals surface area (Å²) >= 11 is 0. The summed E-state index contributed by atoms with van der Waals surface area (Å²) in [6.07, 6.45) is 3.11. The van der Waals surface area contributed by atoms with E-state index in [1.165, 1.54) is 0 Å². The Bertz CT molecular complexity index is 301. The van der Waals surface area contributed by atoms with Crippen molar-refractivity contribution in [1.82, 2.24) is 5.32 Å². The first-order valence-corrected chi connectivity index (χ1v) is 5.01. The molecule has 0 aromatic heterocycles. The summed E-state index contributed by atoms with van der Waals surface area (Å²) in [5.41, 5.74) is 0.817. The van der Waals surface area contributed by atoms with Crippen LogP contribution in [0.2, 0.25) is 0 Å². The number of carbonyl (C=O) groups is 1. The molecule has 1 aliphatic rings. The fourth-order valence-corrected chi connectivity index (χ4v) is 1.74. The quantitative estimate of drug-likeness (QED) is 0.715. The maximum Gasteiger partial charge on any atom is 0.167 e. The van der Waals surface area contributed by atoms with Crippen LogP contribution in [-0.4, -0.2) is 18.9 Å². The molecule has 14 heavy (non-hydrogen) atoms. The van der Waals surface area contributed by atoms with Crippen molar-refractivity contribution in [2.24, 2.45) is 5.92 Å². The minimum atomic E-state index is 0.0612. The van der Waals surface area contributed by atoms with E-state index in [0.717, 1.165) is 25.1 Å². The Morgan fingerprint density at radius 1 is 1.29 bits per heavy atom. The van der Waals surface area contributed by atoms with Gasteiger partial charge >= 0.3 is 0 Å². The van der Waals surface area contributed by atoms with Gasteiger partial charge in [0.1, 0.15) is 0 Å². The lowest BCUT2D eigenvalue weighted by atomic mass is 9.91. The van der Waals surface area contributed by atoms with Crippen LogP contribution in [0, 0.1) is 12.3 Å². The van der Waals surface area contributed by atoms with Crippen molar-refractivity contribution in [3.8, 4) is 0 Å². The maximum absolute atomic E-state index is 11.9. The Hall–Kier alpha value is -1.15. The first kappa shape index (κ1) is 9.41. The SMILES string of the molecule is O=C(c1ccccc1)C1[CH]CCNC1. The van der Waals surface area contributed by atoms with Crippen molar-refractivity contribution in [2.45, 2.75) is 6.42 Å². The van der Waals surface area contributed by atoms with Crippen LogP contribution in [0.5, 0.6) is 0 Å². The number of nitrogens with one attached hydrogen (secondary N) is 1. The molecule has 1 saturated heterocycles. The lowest BCUT2D eigenvalue weighted by Crippen LogP contribution is -2.34. The van der Waals surface area contributed by atoms with Gasteiger partial charge in [-0.3, -0.25) is 4.79 Å². The Kier molecular flexibility index (Phi) is 2.94. The number of rotatable bonds is 2. The fraction of sp³-hybridized carbons (Fsp3) is 0.333. The number of hydrogen-bond donors (Lipinski definition) is 1. The lowest BCUT2D eigenvalue weighted by Gasteiger charge is -2.21. The van der Waals surface area contributed by atoms with E-state index in [0.29, 0.717) is 0 Å². The third-order valence-electron chi connectivity index (χ3n) is 2.53. The highest BCUT2D eigenvalue weighted by Gasteiger charge is 2.21. The Morgan fingerprint density at radius 3 is 2.71 bits per heavy atom. The molecule has 1 aromatic carbocycles. The number of carbonyl (C=O) groups excluding carboxylic acids is 1. The largest absolute Gasteiger partial charge is 0.316 e. The van der Waals surface area contributed by atoms with Crippen LogP contribution in [0.15, 0.2) is 30.3 Å². The third kappa shape index (κ3) is 2.02. The van der Waals surface area contributed by atoms with Gasteiger partial charge in [0.2, 0.25) is 0 Å². The summed E-state index contributed by atoms with van der Waals surface area (Å²) in [6.45, 7) is 1.78. The van der Waals surface area contributed by atoms with E-state index in [2.05, 4.69) is 11.7 Å². The second-order valence-corrected chi connectivity index (χ2v) is 3.57. The molecule has 1 aromatic rings. The van der Waals surface area contributed by atoms with E-state index in [1.54, 1.807) is 0 Å². The molecule has 2 rings (SSSR count). The molecule has 1 atom stereocenters. The summed E-state index contributed by atoms with van der Waals surface area (Å²) < 4.78 is 0. The average Bonchev–Trinajstić information content (AvgIpc) is 2.30. The van der Waals surface area contributed by atoms with Crippen LogP contribution >= 0.6 is 0 Å². The van der Waals surface area contributed by atoms with E-state index in [-0.39, 0.29) is 11.7 Å². The van der Waals surface area contributed by atoms with Crippen molar-refractivity contribution in [2.75, 3.05) is 13.1 Å². The topological polar surface area (TPSA) is 29.1 Å². The molecule has 1 N–H and O–H groups in total. The van der Waals surface area contributed by atoms with Gasteiger partial charge in [-0.1, -0.05) is 30.3 Å². The molecule has 0 amide bonds. The standard InChI is InChI=1S/C12H14NO/c14-12(10-5-2-1-3-6-10)11-7-4-8-13-9-11/h1-3,5-7,11,13H,4,8-9H2. The van der Waals surface area contributed by atoms with Crippen molar-refractivity contribution >= 4 is 5.78 Å². The number of ketones is 1. The van der Waals surface area contributed by atoms with Gasteiger partial charge in [-0.25, -0.2) is 0 Å². The molecule has 1 radical (unpaired) electrons. The zero-order chi connectivity index (χ0) is 9.80. The minimum absolute atomic E-state index is 0.0612.